The summed E-state index contributed by atoms with van der Waals surface area (Å²) in [6, 6.07) is 4.03. The van der Waals surface area contributed by atoms with Crippen molar-refractivity contribution in [2.24, 2.45) is 0 Å². The maximum Gasteiger partial charge on any atom is 0.305 e. The lowest BCUT2D eigenvalue weighted by atomic mass is 10.2. The monoisotopic (exact) mass is 296 g/mol. The third kappa shape index (κ3) is 4.01. The number of esters is 1. The Hall–Kier alpha value is -1.46. The largest absolute Gasteiger partial charge is 0.469 e. The molecule has 0 unspecified atom stereocenters. The normalized spacial score (nSPS) is 10.4. The number of hydrogen-bond acceptors (Lipinski definition) is 5. The molecule has 0 aliphatic rings. The van der Waals surface area contributed by atoms with Gasteiger partial charge in [-0.15, -0.1) is 11.3 Å². The van der Waals surface area contributed by atoms with Gasteiger partial charge in [-0.05, 0) is 17.9 Å². The summed E-state index contributed by atoms with van der Waals surface area (Å²) in [5.41, 5.74) is 0.766. The molecule has 2 heterocycles. The molecule has 19 heavy (non-hydrogen) atoms. The molecule has 0 fully saturated rings. The van der Waals surface area contributed by atoms with Gasteiger partial charge in [0, 0.05) is 29.5 Å². The molecule has 0 aromatic carbocycles. The highest BCUT2D eigenvalue weighted by molar-refractivity contribution is 7.09. The molecular weight excluding hydrogens is 284 g/mol. The first kappa shape index (κ1) is 14.0. The van der Waals surface area contributed by atoms with Gasteiger partial charge in [0.05, 0.1) is 7.11 Å². The highest BCUT2D eigenvalue weighted by atomic mass is 35.5. The molecule has 6 heteroatoms. The molecule has 0 amide bonds. The summed E-state index contributed by atoms with van der Waals surface area (Å²) in [6.07, 6.45) is 3.13. The molecule has 0 spiro atoms. The van der Waals surface area contributed by atoms with E-state index in [1.54, 1.807) is 17.5 Å². The van der Waals surface area contributed by atoms with E-state index in [9.17, 15) is 4.79 Å². The molecule has 100 valence electrons. The van der Waals surface area contributed by atoms with Gasteiger partial charge in [0.15, 0.2) is 0 Å². The molecule has 0 saturated heterocycles. The number of thiophene rings is 1. The van der Waals surface area contributed by atoms with E-state index < -0.39 is 0 Å². The van der Waals surface area contributed by atoms with Crippen LogP contribution in [0, 0.1) is 0 Å². The quantitative estimate of drug-likeness (QED) is 0.629. The van der Waals surface area contributed by atoms with Gasteiger partial charge in [-0.3, -0.25) is 4.79 Å². The first-order valence-corrected chi connectivity index (χ1v) is 7.04. The first-order chi connectivity index (χ1) is 9.19. The molecule has 0 N–H and O–H groups in total. The Bertz CT molecular complexity index is 558. The molecular formula is C13H13ClN2O2S. The van der Waals surface area contributed by atoms with Gasteiger partial charge >= 0.3 is 5.97 Å². The van der Waals surface area contributed by atoms with E-state index in [1.165, 1.54) is 12.0 Å². The Morgan fingerprint density at radius 2 is 2.37 bits per heavy atom. The van der Waals surface area contributed by atoms with Gasteiger partial charge in [0.1, 0.15) is 11.0 Å². The van der Waals surface area contributed by atoms with Crippen molar-refractivity contribution in [3.8, 4) is 0 Å². The van der Waals surface area contributed by atoms with Crippen molar-refractivity contribution in [1.29, 1.82) is 0 Å². The third-order valence-corrected chi connectivity index (χ3v) is 3.80. The van der Waals surface area contributed by atoms with Crippen LogP contribution in [0.2, 0.25) is 5.15 Å². The Kier molecular flexibility index (Phi) is 4.87. The van der Waals surface area contributed by atoms with Crippen LogP contribution in [0.5, 0.6) is 0 Å². The van der Waals surface area contributed by atoms with Crippen LogP contribution in [0.1, 0.15) is 22.7 Å². The van der Waals surface area contributed by atoms with Gasteiger partial charge in [-0.2, -0.15) is 0 Å². The maximum absolute atomic E-state index is 11.1. The predicted molar refractivity (Wildman–Crippen MR) is 74.5 cm³/mol. The number of ether oxygens (including phenoxy) is 1. The SMILES string of the molecule is COC(=O)CCc1cnc(Cc2cccs2)nc1Cl. The van der Waals surface area contributed by atoms with E-state index in [1.807, 2.05) is 17.5 Å². The minimum atomic E-state index is -0.265. The summed E-state index contributed by atoms with van der Waals surface area (Å²) in [5, 5.41) is 2.42. The number of carbonyl (C=O) groups excluding carboxylic acids is 1. The molecule has 0 radical (unpaired) electrons. The van der Waals surface area contributed by atoms with E-state index in [2.05, 4.69) is 14.7 Å². The minimum absolute atomic E-state index is 0.265. The van der Waals surface area contributed by atoms with Crippen LogP contribution in [0.4, 0.5) is 0 Å². The number of aromatic nitrogens is 2. The molecule has 2 rings (SSSR count). The summed E-state index contributed by atoms with van der Waals surface area (Å²) < 4.78 is 4.58. The second kappa shape index (κ2) is 6.63. The van der Waals surface area contributed by atoms with Crippen molar-refractivity contribution in [3.63, 3.8) is 0 Å². The molecule has 2 aromatic rings. The van der Waals surface area contributed by atoms with Gasteiger partial charge in [-0.25, -0.2) is 9.97 Å². The zero-order chi connectivity index (χ0) is 13.7. The van der Waals surface area contributed by atoms with Gasteiger partial charge < -0.3 is 4.74 Å². The van der Waals surface area contributed by atoms with Crippen LogP contribution in [0.15, 0.2) is 23.7 Å². The van der Waals surface area contributed by atoms with Crippen LogP contribution < -0.4 is 0 Å². The highest BCUT2D eigenvalue weighted by Gasteiger charge is 2.09. The fourth-order valence-electron chi connectivity index (χ4n) is 1.58. The average molecular weight is 297 g/mol. The molecule has 0 bridgehead atoms. The number of halogens is 1. The van der Waals surface area contributed by atoms with Crippen LogP contribution in [-0.2, 0) is 22.4 Å². The van der Waals surface area contributed by atoms with E-state index in [0.29, 0.717) is 23.8 Å². The van der Waals surface area contributed by atoms with E-state index in [4.69, 9.17) is 11.6 Å². The lowest BCUT2D eigenvalue weighted by molar-refractivity contribution is -0.140. The smallest absolute Gasteiger partial charge is 0.305 e. The fourth-order valence-corrected chi connectivity index (χ4v) is 2.52. The number of carbonyl (C=O) groups is 1. The van der Waals surface area contributed by atoms with Gasteiger partial charge in [0.25, 0.3) is 0 Å². The summed E-state index contributed by atoms with van der Waals surface area (Å²) in [7, 11) is 1.37. The minimum Gasteiger partial charge on any atom is -0.469 e. The van der Waals surface area contributed by atoms with Crippen LogP contribution >= 0.6 is 22.9 Å². The molecule has 0 atom stereocenters. The van der Waals surface area contributed by atoms with Crippen molar-refractivity contribution in [1.82, 2.24) is 9.97 Å². The summed E-state index contributed by atoms with van der Waals surface area (Å²) >= 11 is 7.76. The second-order valence-electron chi connectivity index (χ2n) is 3.93. The van der Waals surface area contributed by atoms with Crippen LogP contribution in [0.25, 0.3) is 0 Å². The Labute approximate surface area is 120 Å². The molecule has 0 saturated carbocycles. The number of methoxy groups -OCH3 is 1. The van der Waals surface area contributed by atoms with Gasteiger partial charge in [-0.1, -0.05) is 17.7 Å². The summed E-state index contributed by atoms with van der Waals surface area (Å²) in [4.78, 5) is 20.8. The number of hydrogen-bond donors (Lipinski definition) is 0. The van der Waals surface area contributed by atoms with Crippen molar-refractivity contribution in [3.05, 3.63) is 45.1 Å². The zero-order valence-electron chi connectivity index (χ0n) is 10.4. The average Bonchev–Trinajstić information content (AvgIpc) is 2.90. The first-order valence-electron chi connectivity index (χ1n) is 5.78. The lowest BCUT2D eigenvalue weighted by Gasteiger charge is -2.04. The Morgan fingerprint density at radius 3 is 3.00 bits per heavy atom. The second-order valence-corrected chi connectivity index (χ2v) is 5.32. The third-order valence-electron chi connectivity index (χ3n) is 2.60. The predicted octanol–water partition coefficient (Wildman–Crippen LogP) is 2.89. The molecule has 4 nitrogen and oxygen atoms in total. The molecule has 0 aliphatic heterocycles. The van der Waals surface area contributed by atoms with Crippen molar-refractivity contribution < 1.29 is 9.53 Å². The van der Waals surface area contributed by atoms with E-state index in [0.717, 1.165) is 5.56 Å². The van der Waals surface area contributed by atoms with E-state index in [-0.39, 0.29) is 12.4 Å². The number of rotatable bonds is 5. The van der Waals surface area contributed by atoms with E-state index >= 15 is 0 Å². The molecule has 2 aromatic heterocycles. The Balaban J connectivity index is 2.02. The van der Waals surface area contributed by atoms with Crippen LogP contribution in [-0.4, -0.2) is 23.0 Å². The van der Waals surface area contributed by atoms with Crippen LogP contribution in [0.3, 0.4) is 0 Å². The zero-order valence-corrected chi connectivity index (χ0v) is 12.0. The van der Waals surface area contributed by atoms with Gasteiger partial charge in [0.2, 0.25) is 0 Å². The number of nitrogens with zero attached hydrogens (tertiary/aromatic N) is 2. The highest BCUT2D eigenvalue weighted by Crippen LogP contribution is 2.17. The maximum atomic E-state index is 11.1. The molecule has 0 aliphatic carbocycles. The van der Waals surface area contributed by atoms with Crippen molar-refractivity contribution >= 4 is 28.9 Å². The van der Waals surface area contributed by atoms with Crippen molar-refractivity contribution in [2.75, 3.05) is 7.11 Å². The lowest BCUT2D eigenvalue weighted by Crippen LogP contribution is -2.04. The fraction of sp³-hybridized carbons (Fsp3) is 0.308. The van der Waals surface area contributed by atoms with Crippen molar-refractivity contribution in [2.45, 2.75) is 19.3 Å². The summed E-state index contributed by atoms with van der Waals surface area (Å²) in [5.74, 6) is 0.424. The standard InChI is InChI=1S/C13H13ClN2O2S/c1-18-12(17)5-4-9-8-15-11(16-13(9)14)7-10-3-2-6-19-10/h2-3,6,8H,4-5,7H2,1H3. The summed E-state index contributed by atoms with van der Waals surface area (Å²) in [6.45, 7) is 0. The Morgan fingerprint density at radius 1 is 1.53 bits per heavy atom. The topological polar surface area (TPSA) is 52.1 Å². The number of aryl methyl sites for hydroxylation is 1.